The maximum absolute atomic E-state index is 13.0. The number of rotatable bonds is 3. The number of amides is 1. The van der Waals surface area contributed by atoms with Gasteiger partial charge in [0.2, 0.25) is 0 Å². The van der Waals surface area contributed by atoms with E-state index in [2.05, 4.69) is 16.3 Å². The molecule has 0 saturated carbocycles. The van der Waals surface area contributed by atoms with Crippen molar-refractivity contribution in [1.29, 1.82) is 0 Å². The molecule has 1 amide bonds. The Morgan fingerprint density at radius 2 is 2.09 bits per heavy atom. The standard InChI is InChI=1S/C16H22ClN5O/c1-10-8-11(2)22(18-10)9-13-6-5-7-21(13)16(23)14-12(3)19-20(4)15(14)17/h8,13H,5-7,9H2,1-4H3. The quantitative estimate of drug-likeness (QED) is 0.866. The number of halogens is 1. The molecule has 2 aromatic rings. The summed E-state index contributed by atoms with van der Waals surface area (Å²) < 4.78 is 3.54. The monoisotopic (exact) mass is 335 g/mol. The highest BCUT2D eigenvalue weighted by Gasteiger charge is 2.33. The fourth-order valence-electron chi connectivity index (χ4n) is 3.37. The van der Waals surface area contributed by atoms with Crippen molar-refractivity contribution in [3.8, 4) is 0 Å². The second-order valence-corrected chi connectivity index (χ2v) is 6.64. The Hall–Kier alpha value is -1.82. The Kier molecular flexibility index (Phi) is 4.19. The Labute approximate surface area is 141 Å². The van der Waals surface area contributed by atoms with Gasteiger partial charge in [-0.3, -0.25) is 14.2 Å². The summed E-state index contributed by atoms with van der Waals surface area (Å²) in [5, 5.41) is 9.17. The minimum Gasteiger partial charge on any atom is -0.334 e. The average Bonchev–Trinajstić information content (AvgIpc) is 3.12. The van der Waals surface area contributed by atoms with Crippen LogP contribution in [0.25, 0.3) is 0 Å². The number of hydrogen-bond acceptors (Lipinski definition) is 3. The van der Waals surface area contributed by atoms with E-state index in [4.69, 9.17) is 11.6 Å². The van der Waals surface area contributed by atoms with Gasteiger partial charge in [0, 0.05) is 19.3 Å². The van der Waals surface area contributed by atoms with Crippen LogP contribution in [0.15, 0.2) is 6.07 Å². The van der Waals surface area contributed by atoms with Crippen LogP contribution in [-0.4, -0.2) is 43.0 Å². The highest BCUT2D eigenvalue weighted by molar-refractivity contribution is 6.33. The van der Waals surface area contributed by atoms with Crippen LogP contribution in [0, 0.1) is 20.8 Å². The number of carbonyl (C=O) groups excluding carboxylic acids is 1. The van der Waals surface area contributed by atoms with Gasteiger partial charge in [0.15, 0.2) is 0 Å². The fourth-order valence-corrected chi connectivity index (χ4v) is 3.62. The molecule has 124 valence electrons. The SMILES string of the molecule is Cc1cc(C)n(CC2CCCN2C(=O)c2c(C)nn(C)c2Cl)n1. The maximum Gasteiger partial charge on any atom is 0.259 e. The molecule has 0 N–H and O–H groups in total. The molecule has 1 aliphatic heterocycles. The molecule has 3 heterocycles. The molecule has 7 heteroatoms. The van der Waals surface area contributed by atoms with Crippen LogP contribution < -0.4 is 0 Å². The van der Waals surface area contributed by atoms with E-state index in [1.54, 1.807) is 11.7 Å². The van der Waals surface area contributed by atoms with Gasteiger partial charge in [0.1, 0.15) is 5.15 Å². The van der Waals surface area contributed by atoms with E-state index in [0.717, 1.165) is 37.3 Å². The molecule has 0 aliphatic carbocycles. The molecule has 1 fully saturated rings. The van der Waals surface area contributed by atoms with E-state index in [9.17, 15) is 4.79 Å². The van der Waals surface area contributed by atoms with Crippen molar-refractivity contribution in [1.82, 2.24) is 24.5 Å². The van der Waals surface area contributed by atoms with Gasteiger partial charge in [-0.05, 0) is 39.7 Å². The zero-order valence-corrected chi connectivity index (χ0v) is 14.8. The van der Waals surface area contributed by atoms with Crippen molar-refractivity contribution >= 4 is 17.5 Å². The topological polar surface area (TPSA) is 56.0 Å². The van der Waals surface area contributed by atoms with Crippen molar-refractivity contribution in [2.45, 2.75) is 46.2 Å². The Bertz CT molecular complexity index is 748. The van der Waals surface area contributed by atoms with Crippen LogP contribution in [0.3, 0.4) is 0 Å². The third kappa shape index (κ3) is 2.87. The summed E-state index contributed by atoms with van der Waals surface area (Å²) in [6, 6.07) is 2.21. The first-order valence-electron chi connectivity index (χ1n) is 7.89. The van der Waals surface area contributed by atoms with Gasteiger partial charge in [-0.1, -0.05) is 11.6 Å². The number of likely N-dealkylation sites (tertiary alicyclic amines) is 1. The first-order chi connectivity index (χ1) is 10.9. The zero-order chi connectivity index (χ0) is 16.7. The molecule has 6 nitrogen and oxygen atoms in total. The van der Waals surface area contributed by atoms with Crippen molar-refractivity contribution in [3.63, 3.8) is 0 Å². The number of carbonyl (C=O) groups is 1. The predicted octanol–water partition coefficient (Wildman–Crippen LogP) is 2.50. The van der Waals surface area contributed by atoms with Gasteiger partial charge < -0.3 is 4.90 Å². The van der Waals surface area contributed by atoms with Gasteiger partial charge in [-0.25, -0.2) is 0 Å². The van der Waals surface area contributed by atoms with Crippen molar-refractivity contribution in [2.24, 2.45) is 7.05 Å². The summed E-state index contributed by atoms with van der Waals surface area (Å²) in [7, 11) is 1.75. The Morgan fingerprint density at radius 1 is 1.35 bits per heavy atom. The van der Waals surface area contributed by atoms with E-state index < -0.39 is 0 Å². The largest absolute Gasteiger partial charge is 0.334 e. The number of aryl methyl sites for hydroxylation is 4. The van der Waals surface area contributed by atoms with Crippen molar-refractivity contribution in [2.75, 3.05) is 6.54 Å². The molecule has 0 spiro atoms. The summed E-state index contributed by atoms with van der Waals surface area (Å²) in [6.07, 6.45) is 1.99. The third-order valence-corrected chi connectivity index (χ3v) is 4.92. The molecule has 1 aliphatic rings. The molecular formula is C16H22ClN5O. The van der Waals surface area contributed by atoms with Gasteiger partial charge in [0.25, 0.3) is 5.91 Å². The number of aromatic nitrogens is 4. The van der Waals surface area contributed by atoms with E-state index in [0.29, 0.717) is 16.4 Å². The minimum atomic E-state index is -0.0235. The van der Waals surface area contributed by atoms with Crippen LogP contribution in [0.1, 0.15) is 40.3 Å². The van der Waals surface area contributed by atoms with Crippen LogP contribution in [0.5, 0.6) is 0 Å². The van der Waals surface area contributed by atoms with Crippen LogP contribution in [0.2, 0.25) is 5.15 Å². The first kappa shape index (κ1) is 16.1. The highest BCUT2D eigenvalue weighted by atomic mass is 35.5. The Balaban J connectivity index is 1.84. The Morgan fingerprint density at radius 3 is 2.65 bits per heavy atom. The van der Waals surface area contributed by atoms with Crippen molar-refractivity contribution in [3.05, 3.63) is 33.9 Å². The third-order valence-electron chi connectivity index (χ3n) is 4.49. The molecule has 2 aromatic heterocycles. The lowest BCUT2D eigenvalue weighted by Gasteiger charge is -2.25. The summed E-state index contributed by atoms with van der Waals surface area (Å²) in [6.45, 7) is 7.34. The lowest BCUT2D eigenvalue weighted by molar-refractivity contribution is 0.0720. The second-order valence-electron chi connectivity index (χ2n) is 6.28. The molecular weight excluding hydrogens is 314 g/mol. The maximum atomic E-state index is 13.0. The van der Waals surface area contributed by atoms with Crippen molar-refractivity contribution < 1.29 is 4.79 Å². The van der Waals surface area contributed by atoms with Gasteiger partial charge in [0.05, 0.1) is 29.5 Å². The minimum absolute atomic E-state index is 0.0235. The molecule has 0 bridgehead atoms. The molecule has 1 atom stereocenters. The summed E-state index contributed by atoms with van der Waals surface area (Å²) in [5.74, 6) is -0.0235. The summed E-state index contributed by atoms with van der Waals surface area (Å²) >= 11 is 6.26. The highest BCUT2D eigenvalue weighted by Crippen LogP contribution is 2.26. The zero-order valence-electron chi connectivity index (χ0n) is 14.0. The predicted molar refractivity (Wildman–Crippen MR) is 88.7 cm³/mol. The van der Waals surface area contributed by atoms with E-state index in [1.807, 2.05) is 30.4 Å². The molecule has 3 rings (SSSR count). The van der Waals surface area contributed by atoms with Crippen LogP contribution in [-0.2, 0) is 13.6 Å². The summed E-state index contributed by atoms with van der Waals surface area (Å²) in [5.41, 5.74) is 3.33. The van der Waals surface area contributed by atoms with Crippen LogP contribution in [0.4, 0.5) is 0 Å². The van der Waals surface area contributed by atoms with Gasteiger partial charge >= 0.3 is 0 Å². The summed E-state index contributed by atoms with van der Waals surface area (Å²) in [4.78, 5) is 14.9. The molecule has 1 unspecified atom stereocenters. The van der Waals surface area contributed by atoms with E-state index in [1.165, 1.54) is 0 Å². The molecule has 23 heavy (non-hydrogen) atoms. The lowest BCUT2D eigenvalue weighted by Crippen LogP contribution is -2.38. The molecule has 1 saturated heterocycles. The van der Waals surface area contributed by atoms with E-state index >= 15 is 0 Å². The fraction of sp³-hybridized carbons (Fsp3) is 0.562. The number of nitrogens with zero attached hydrogens (tertiary/aromatic N) is 5. The van der Waals surface area contributed by atoms with Gasteiger partial charge in [-0.15, -0.1) is 0 Å². The van der Waals surface area contributed by atoms with Crippen LogP contribution >= 0.6 is 11.6 Å². The first-order valence-corrected chi connectivity index (χ1v) is 8.27. The van der Waals surface area contributed by atoms with Gasteiger partial charge in [-0.2, -0.15) is 10.2 Å². The molecule has 0 aromatic carbocycles. The van der Waals surface area contributed by atoms with E-state index in [-0.39, 0.29) is 11.9 Å². The smallest absolute Gasteiger partial charge is 0.259 e. The normalized spacial score (nSPS) is 18.0. The molecule has 0 radical (unpaired) electrons. The number of hydrogen-bond donors (Lipinski definition) is 0. The lowest BCUT2D eigenvalue weighted by atomic mass is 10.2. The average molecular weight is 336 g/mol. The second kappa shape index (κ2) is 6.00.